The van der Waals surface area contributed by atoms with Crippen LogP contribution in [0.1, 0.15) is 12.0 Å². The van der Waals surface area contributed by atoms with Crippen LogP contribution in [0.4, 0.5) is 0 Å². The van der Waals surface area contributed by atoms with Crippen LogP contribution in [0.3, 0.4) is 0 Å². The summed E-state index contributed by atoms with van der Waals surface area (Å²) in [6.07, 6.45) is 0.864. The number of aryl methyl sites for hydroxylation is 1. The van der Waals surface area contributed by atoms with E-state index in [0.29, 0.717) is 32.3 Å². The Bertz CT molecular complexity index is 410. The second-order valence-electron chi connectivity index (χ2n) is 4.31. The summed E-state index contributed by atoms with van der Waals surface area (Å²) in [6.45, 7) is 4.56. The smallest absolute Gasteiger partial charge is 0.205 e. The number of rotatable bonds is 8. The number of hydrogen-bond donors (Lipinski definition) is 3. The van der Waals surface area contributed by atoms with E-state index in [-0.39, 0.29) is 0 Å². The molecule has 0 atom stereocenters. The van der Waals surface area contributed by atoms with Crippen LogP contribution in [-0.2, 0) is 4.74 Å². The van der Waals surface area contributed by atoms with Gasteiger partial charge in [-0.1, -0.05) is 12.1 Å². The van der Waals surface area contributed by atoms with E-state index in [2.05, 4.69) is 15.7 Å². The third-order valence-corrected chi connectivity index (χ3v) is 2.57. The molecule has 0 spiro atoms. The first-order valence-corrected chi connectivity index (χ1v) is 6.69. The number of benzene rings is 1. The third kappa shape index (κ3) is 6.96. The zero-order valence-electron chi connectivity index (χ0n) is 12.2. The number of guanidine groups is 1. The fraction of sp³-hybridized carbons (Fsp3) is 0.500. The molecule has 6 heteroatoms. The maximum atomic E-state index is 5.62. The number of hydrazine groups is 1. The fourth-order valence-corrected chi connectivity index (χ4v) is 1.60. The minimum atomic E-state index is 0.544. The van der Waals surface area contributed by atoms with E-state index in [9.17, 15) is 0 Å². The highest BCUT2D eigenvalue weighted by Gasteiger charge is 1.97. The van der Waals surface area contributed by atoms with Gasteiger partial charge in [0.2, 0.25) is 5.96 Å². The molecular formula is C14H24N4O2. The largest absolute Gasteiger partial charge is 0.492 e. The van der Waals surface area contributed by atoms with Gasteiger partial charge in [-0.2, -0.15) is 0 Å². The van der Waals surface area contributed by atoms with Gasteiger partial charge in [-0.15, -0.1) is 0 Å². The van der Waals surface area contributed by atoms with Crippen molar-refractivity contribution in [2.24, 2.45) is 10.8 Å². The van der Waals surface area contributed by atoms with Crippen molar-refractivity contribution >= 4 is 5.96 Å². The quantitative estimate of drug-likeness (QED) is 0.216. The third-order valence-electron chi connectivity index (χ3n) is 2.57. The predicted molar refractivity (Wildman–Crippen MR) is 80.8 cm³/mol. The molecule has 0 bridgehead atoms. The standard InChI is InChI=1S/C14H24N4O2/c1-12-5-3-6-13(11-12)20-10-8-17-14(18-15)16-7-4-9-19-2/h3,5-6,11H,4,7-10,15H2,1-2H3,(H2,16,17,18). The number of nitrogens with two attached hydrogens (primary N) is 1. The molecular weight excluding hydrogens is 256 g/mol. The number of nitrogens with zero attached hydrogens (tertiary/aromatic N) is 1. The van der Waals surface area contributed by atoms with Crippen LogP contribution < -0.4 is 21.3 Å². The second kappa shape index (κ2) is 10.1. The van der Waals surface area contributed by atoms with E-state index < -0.39 is 0 Å². The molecule has 0 amide bonds. The first-order valence-electron chi connectivity index (χ1n) is 6.69. The Kier molecular flexibility index (Phi) is 8.17. The Morgan fingerprint density at radius 3 is 2.90 bits per heavy atom. The van der Waals surface area contributed by atoms with Gasteiger partial charge in [0, 0.05) is 20.3 Å². The van der Waals surface area contributed by atoms with Gasteiger partial charge >= 0.3 is 0 Å². The Morgan fingerprint density at radius 1 is 1.35 bits per heavy atom. The lowest BCUT2D eigenvalue weighted by molar-refractivity contribution is 0.197. The molecule has 6 nitrogen and oxygen atoms in total. The second-order valence-corrected chi connectivity index (χ2v) is 4.31. The van der Waals surface area contributed by atoms with Crippen molar-refractivity contribution < 1.29 is 9.47 Å². The molecule has 0 aliphatic carbocycles. The summed E-state index contributed by atoms with van der Waals surface area (Å²) >= 11 is 0. The molecule has 1 aromatic carbocycles. The first-order chi connectivity index (χ1) is 9.76. The topological polar surface area (TPSA) is 80.9 Å². The van der Waals surface area contributed by atoms with Gasteiger partial charge in [0.1, 0.15) is 12.4 Å². The van der Waals surface area contributed by atoms with E-state index in [1.807, 2.05) is 31.2 Å². The first kappa shape index (κ1) is 16.3. The van der Waals surface area contributed by atoms with Gasteiger partial charge in [0.15, 0.2) is 0 Å². The summed E-state index contributed by atoms with van der Waals surface area (Å²) in [5.74, 6) is 6.82. The van der Waals surface area contributed by atoms with Crippen LogP contribution in [0.25, 0.3) is 0 Å². The zero-order valence-corrected chi connectivity index (χ0v) is 12.2. The van der Waals surface area contributed by atoms with E-state index in [0.717, 1.165) is 12.2 Å². The lowest BCUT2D eigenvalue weighted by Gasteiger charge is -2.10. The van der Waals surface area contributed by atoms with Gasteiger partial charge in [0.05, 0.1) is 6.54 Å². The highest BCUT2D eigenvalue weighted by atomic mass is 16.5. The molecule has 0 aliphatic rings. The normalized spacial score (nSPS) is 11.2. The summed E-state index contributed by atoms with van der Waals surface area (Å²) in [6, 6.07) is 7.95. The molecule has 0 saturated carbocycles. The van der Waals surface area contributed by atoms with Crippen LogP contribution in [-0.4, -0.2) is 39.4 Å². The Hall–Kier alpha value is -1.79. The summed E-state index contributed by atoms with van der Waals surface area (Å²) < 4.78 is 10.6. The Morgan fingerprint density at radius 2 is 2.20 bits per heavy atom. The van der Waals surface area contributed by atoms with Crippen molar-refractivity contribution in [3.8, 4) is 5.75 Å². The van der Waals surface area contributed by atoms with Crippen molar-refractivity contribution in [3.05, 3.63) is 29.8 Å². The van der Waals surface area contributed by atoms with Crippen LogP contribution in [0.2, 0.25) is 0 Å². The van der Waals surface area contributed by atoms with Crippen molar-refractivity contribution in [1.82, 2.24) is 10.7 Å². The van der Waals surface area contributed by atoms with Crippen LogP contribution in [0, 0.1) is 6.92 Å². The molecule has 0 radical (unpaired) electrons. The molecule has 0 aromatic heterocycles. The maximum absolute atomic E-state index is 5.62. The number of hydrogen-bond acceptors (Lipinski definition) is 4. The van der Waals surface area contributed by atoms with Crippen molar-refractivity contribution in [2.75, 3.05) is 33.4 Å². The Balaban J connectivity index is 2.21. The summed E-state index contributed by atoms with van der Waals surface area (Å²) in [5.41, 5.74) is 3.71. The van der Waals surface area contributed by atoms with E-state index in [4.69, 9.17) is 15.3 Å². The average Bonchev–Trinajstić information content (AvgIpc) is 2.46. The molecule has 0 unspecified atom stereocenters. The van der Waals surface area contributed by atoms with Gasteiger partial charge in [-0.05, 0) is 31.0 Å². The van der Waals surface area contributed by atoms with Gasteiger partial charge in [-0.25, -0.2) is 5.84 Å². The Labute approximate surface area is 120 Å². The number of methoxy groups -OCH3 is 1. The zero-order chi connectivity index (χ0) is 14.6. The minimum Gasteiger partial charge on any atom is -0.492 e. The van der Waals surface area contributed by atoms with E-state index >= 15 is 0 Å². The molecule has 112 valence electrons. The minimum absolute atomic E-state index is 0.544. The summed E-state index contributed by atoms with van der Waals surface area (Å²) in [5, 5.41) is 3.08. The van der Waals surface area contributed by atoms with Gasteiger partial charge in [0.25, 0.3) is 0 Å². The average molecular weight is 280 g/mol. The lowest BCUT2D eigenvalue weighted by Crippen LogP contribution is -2.43. The maximum Gasteiger partial charge on any atom is 0.205 e. The molecule has 0 fully saturated rings. The summed E-state index contributed by atoms with van der Waals surface area (Å²) in [4.78, 5) is 4.27. The van der Waals surface area contributed by atoms with Crippen LogP contribution >= 0.6 is 0 Å². The molecule has 1 rings (SSSR count). The van der Waals surface area contributed by atoms with Crippen molar-refractivity contribution in [3.63, 3.8) is 0 Å². The van der Waals surface area contributed by atoms with Crippen molar-refractivity contribution in [2.45, 2.75) is 13.3 Å². The molecule has 0 heterocycles. The highest BCUT2D eigenvalue weighted by Crippen LogP contribution is 2.11. The van der Waals surface area contributed by atoms with Gasteiger partial charge in [-0.3, -0.25) is 10.4 Å². The number of ether oxygens (including phenoxy) is 2. The SMILES string of the molecule is COCCCN=C(NN)NCCOc1cccc(C)c1. The van der Waals surface area contributed by atoms with E-state index in [1.54, 1.807) is 7.11 Å². The fourth-order valence-electron chi connectivity index (χ4n) is 1.60. The monoisotopic (exact) mass is 280 g/mol. The molecule has 0 saturated heterocycles. The molecule has 1 aromatic rings. The number of nitrogens with one attached hydrogen (secondary N) is 2. The highest BCUT2D eigenvalue weighted by molar-refractivity contribution is 5.79. The van der Waals surface area contributed by atoms with Crippen molar-refractivity contribution in [1.29, 1.82) is 0 Å². The molecule has 4 N–H and O–H groups in total. The van der Waals surface area contributed by atoms with Crippen LogP contribution in [0.15, 0.2) is 29.3 Å². The van der Waals surface area contributed by atoms with Crippen LogP contribution in [0.5, 0.6) is 5.75 Å². The molecule has 20 heavy (non-hydrogen) atoms. The van der Waals surface area contributed by atoms with E-state index in [1.165, 1.54) is 5.56 Å². The lowest BCUT2D eigenvalue weighted by atomic mass is 10.2. The van der Waals surface area contributed by atoms with Gasteiger partial charge < -0.3 is 14.8 Å². The predicted octanol–water partition coefficient (Wildman–Crippen LogP) is 0.819. The molecule has 0 aliphatic heterocycles. The number of aliphatic imine (C=N–C) groups is 1. The summed E-state index contributed by atoms with van der Waals surface area (Å²) in [7, 11) is 1.67.